The van der Waals surface area contributed by atoms with E-state index in [1.54, 1.807) is 24.7 Å². The first-order valence-corrected chi connectivity index (χ1v) is 9.82. The van der Waals surface area contributed by atoms with Gasteiger partial charge in [0.2, 0.25) is 0 Å². The van der Waals surface area contributed by atoms with Gasteiger partial charge in [-0.05, 0) is 60.7 Å². The van der Waals surface area contributed by atoms with Crippen LogP contribution in [0.4, 0.5) is 4.39 Å². The van der Waals surface area contributed by atoms with E-state index < -0.39 is 6.04 Å². The molecule has 0 aliphatic carbocycles. The van der Waals surface area contributed by atoms with Gasteiger partial charge in [0.05, 0.1) is 24.5 Å². The first kappa shape index (κ1) is 20.4. The molecule has 0 bridgehead atoms. The second-order valence-corrected chi connectivity index (χ2v) is 7.13. The van der Waals surface area contributed by atoms with Crippen molar-refractivity contribution in [3.63, 3.8) is 0 Å². The molecule has 3 N–H and O–H groups in total. The fourth-order valence-electron chi connectivity index (χ4n) is 3.13. The first-order chi connectivity index (χ1) is 15.1. The largest absolute Gasteiger partial charge is 0.457 e. The smallest absolute Gasteiger partial charge is 0.155 e. The molecule has 31 heavy (non-hydrogen) atoms. The monoisotopic (exact) mass is 416 g/mol. The maximum atomic E-state index is 13.0. The minimum Gasteiger partial charge on any atom is -0.457 e. The highest BCUT2D eigenvalue weighted by Crippen LogP contribution is 2.25. The summed E-state index contributed by atoms with van der Waals surface area (Å²) in [7, 11) is 0. The van der Waals surface area contributed by atoms with Gasteiger partial charge in [-0.2, -0.15) is 0 Å². The van der Waals surface area contributed by atoms with Gasteiger partial charge in [-0.1, -0.05) is 6.07 Å². The van der Waals surface area contributed by atoms with Crippen LogP contribution in [0, 0.1) is 5.82 Å². The second-order valence-electron chi connectivity index (χ2n) is 7.13. The Hall–Kier alpha value is -3.84. The summed E-state index contributed by atoms with van der Waals surface area (Å²) < 4.78 is 18.7. The zero-order valence-electron chi connectivity index (χ0n) is 16.7. The van der Waals surface area contributed by atoms with E-state index in [0.717, 1.165) is 17.0 Å². The van der Waals surface area contributed by atoms with Crippen LogP contribution in [-0.4, -0.2) is 26.8 Å². The molecule has 4 aromatic rings. The van der Waals surface area contributed by atoms with Gasteiger partial charge in [-0.15, -0.1) is 0 Å². The lowest BCUT2D eigenvalue weighted by Gasteiger charge is -2.10. The number of imidazole rings is 1. The lowest BCUT2D eigenvalue weighted by Crippen LogP contribution is -2.34. The average Bonchev–Trinajstić information content (AvgIpc) is 3.29. The Morgan fingerprint density at radius 2 is 1.74 bits per heavy atom. The summed E-state index contributed by atoms with van der Waals surface area (Å²) in [5.74, 6) is 0.794. The number of H-pyrrole nitrogens is 1. The SMILES string of the molecule is N[C@@H](Cc1cnc[nH]1)C(=O)Cc1cccc(-c2ccc(Oc3ccc(F)cc3)cc2)n1. The molecule has 0 saturated heterocycles. The maximum Gasteiger partial charge on any atom is 0.155 e. The number of nitrogens with two attached hydrogens (primary N) is 1. The van der Waals surface area contributed by atoms with Gasteiger partial charge in [0.25, 0.3) is 0 Å². The number of ether oxygens (including phenoxy) is 1. The van der Waals surface area contributed by atoms with E-state index in [1.165, 1.54) is 12.1 Å². The number of pyridine rings is 1. The number of aromatic nitrogens is 3. The Morgan fingerprint density at radius 3 is 2.42 bits per heavy atom. The predicted octanol–water partition coefficient (Wildman–Crippen LogP) is 4.08. The molecule has 0 saturated carbocycles. The molecule has 0 radical (unpaired) electrons. The number of benzene rings is 2. The fraction of sp³-hybridized carbons (Fsp3) is 0.125. The average molecular weight is 416 g/mol. The van der Waals surface area contributed by atoms with Gasteiger partial charge < -0.3 is 15.5 Å². The van der Waals surface area contributed by atoms with Gasteiger partial charge in [0.15, 0.2) is 5.78 Å². The van der Waals surface area contributed by atoms with Crippen LogP contribution >= 0.6 is 0 Å². The number of ketones is 1. The van der Waals surface area contributed by atoms with Gasteiger partial charge >= 0.3 is 0 Å². The topological polar surface area (TPSA) is 93.9 Å². The van der Waals surface area contributed by atoms with Crippen LogP contribution < -0.4 is 10.5 Å². The highest BCUT2D eigenvalue weighted by molar-refractivity contribution is 5.85. The number of nitrogens with zero attached hydrogens (tertiary/aromatic N) is 2. The van der Waals surface area contributed by atoms with Crippen LogP contribution in [0.3, 0.4) is 0 Å². The molecule has 0 fully saturated rings. The number of Topliss-reactive ketones (excluding diaryl/α,β-unsaturated/α-hetero) is 1. The number of nitrogens with one attached hydrogen (secondary N) is 1. The van der Waals surface area contributed by atoms with Crippen molar-refractivity contribution in [1.82, 2.24) is 15.0 Å². The third-order valence-electron chi connectivity index (χ3n) is 4.77. The van der Waals surface area contributed by atoms with E-state index in [9.17, 15) is 9.18 Å². The number of hydrogen-bond donors (Lipinski definition) is 2. The van der Waals surface area contributed by atoms with E-state index >= 15 is 0 Å². The van der Waals surface area contributed by atoms with Crippen LogP contribution in [0.5, 0.6) is 11.5 Å². The van der Waals surface area contributed by atoms with E-state index in [4.69, 9.17) is 10.5 Å². The Kier molecular flexibility index (Phi) is 6.14. The van der Waals surface area contributed by atoms with Crippen molar-refractivity contribution in [2.45, 2.75) is 18.9 Å². The van der Waals surface area contributed by atoms with Crippen molar-refractivity contribution in [3.05, 3.63) is 96.5 Å². The van der Waals surface area contributed by atoms with Crippen LogP contribution in [0.15, 0.2) is 79.3 Å². The molecule has 0 spiro atoms. The van der Waals surface area contributed by atoms with Crippen LogP contribution in [0.2, 0.25) is 0 Å². The first-order valence-electron chi connectivity index (χ1n) is 9.82. The van der Waals surface area contributed by atoms with E-state index in [2.05, 4.69) is 15.0 Å². The van der Waals surface area contributed by atoms with Crippen molar-refractivity contribution in [2.75, 3.05) is 0 Å². The highest BCUT2D eigenvalue weighted by atomic mass is 19.1. The van der Waals surface area contributed by atoms with Gasteiger partial charge in [-0.25, -0.2) is 9.37 Å². The van der Waals surface area contributed by atoms with E-state index in [0.29, 0.717) is 23.6 Å². The highest BCUT2D eigenvalue weighted by Gasteiger charge is 2.16. The molecule has 2 heterocycles. The molecule has 7 heteroatoms. The van der Waals surface area contributed by atoms with Crippen LogP contribution in [0.25, 0.3) is 11.3 Å². The fourth-order valence-corrected chi connectivity index (χ4v) is 3.13. The molecule has 156 valence electrons. The summed E-state index contributed by atoms with van der Waals surface area (Å²) in [6.07, 6.45) is 3.80. The molecular weight excluding hydrogens is 395 g/mol. The molecule has 4 rings (SSSR count). The third kappa shape index (κ3) is 5.40. The normalized spacial score (nSPS) is 11.8. The summed E-state index contributed by atoms with van der Waals surface area (Å²) in [5, 5.41) is 0. The lowest BCUT2D eigenvalue weighted by molar-refractivity contribution is -0.119. The standard InChI is InChI=1S/C24H21FN4O2/c25-17-6-10-21(11-7-17)31-20-8-4-16(5-9-20)23-3-1-2-18(29-23)13-24(30)22(26)12-19-14-27-15-28-19/h1-11,14-15,22H,12-13,26H2,(H,27,28)/t22-/m0/s1. The summed E-state index contributed by atoms with van der Waals surface area (Å²) in [6, 6.07) is 18.2. The quantitative estimate of drug-likeness (QED) is 0.451. The number of aromatic amines is 1. The summed E-state index contributed by atoms with van der Waals surface area (Å²) in [4.78, 5) is 24.0. The number of carbonyl (C=O) groups excluding carboxylic acids is 1. The Morgan fingerprint density at radius 1 is 1.03 bits per heavy atom. The summed E-state index contributed by atoms with van der Waals surface area (Å²) in [6.45, 7) is 0. The molecule has 1 atom stereocenters. The number of rotatable bonds is 8. The van der Waals surface area contributed by atoms with E-state index in [-0.39, 0.29) is 18.0 Å². The Labute approximate surface area is 178 Å². The Bertz CT molecular complexity index is 1140. The predicted molar refractivity (Wildman–Crippen MR) is 115 cm³/mol. The lowest BCUT2D eigenvalue weighted by atomic mass is 10.0. The molecule has 0 amide bonds. The maximum absolute atomic E-state index is 13.0. The number of hydrogen-bond acceptors (Lipinski definition) is 5. The minimum atomic E-state index is -0.617. The number of carbonyl (C=O) groups is 1. The minimum absolute atomic E-state index is 0.0812. The molecule has 0 aliphatic heterocycles. The van der Waals surface area contributed by atoms with Crippen LogP contribution in [-0.2, 0) is 17.6 Å². The zero-order valence-corrected chi connectivity index (χ0v) is 16.7. The molecule has 6 nitrogen and oxygen atoms in total. The molecular formula is C24H21FN4O2. The van der Waals surface area contributed by atoms with Crippen LogP contribution in [0.1, 0.15) is 11.4 Å². The van der Waals surface area contributed by atoms with Gasteiger partial charge in [0, 0.05) is 29.6 Å². The summed E-state index contributed by atoms with van der Waals surface area (Å²) >= 11 is 0. The summed E-state index contributed by atoms with van der Waals surface area (Å²) in [5.41, 5.74) is 9.16. The van der Waals surface area contributed by atoms with Crippen molar-refractivity contribution < 1.29 is 13.9 Å². The van der Waals surface area contributed by atoms with Crippen molar-refractivity contribution in [2.24, 2.45) is 5.73 Å². The second kappa shape index (κ2) is 9.32. The van der Waals surface area contributed by atoms with Gasteiger partial charge in [0.1, 0.15) is 17.3 Å². The Balaban J connectivity index is 1.41. The molecule has 2 aromatic carbocycles. The van der Waals surface area contributed by atoms with Crippen molar-refractivity contribution in [1.29, 1.82) is 0 Å². The van der Waals surface area contributed by atoms with E-state index in [1.807, 2.05) is 42.5 Å². The van der Waals surface area contributed by atoms with Crippen molar-refractivity contribution in [3.8, 4) is 22.8 Å². The zero-order chi connectivity index (χ0) is 21.6. The molecule has 0 unspecified atom stereocenters. The molecule has 2 aromatic heterocycles. The van der Waals surface area contributed by atoms with Crippen molar-refractivity contribution >= 4 is 5.78 Å². The third-order valence-corrected chi connectivity index (χ3v) is 4.77. The number of halogens is 1. The molecule has 0 aliphatic rings. The van der Waals surface area contributed by atoms with Gasteiger partial charge in [-0.3, -0.25) is 9.78 Å².